The summed E-state index contributed by atoms with van der Waals surface area (Å²) in [5.41, 5.74) is 6.19. The number of rotatable bonds is 0. The van der Waals surface area contributed by atoms with E-state index < -0.39 is 19.8 Å². The van der Waals surface area contributed by atoms with Crippen LogP contribution in [-0.4, -0.2) is 19.8 Å². The van der Waals surface area contributed by atoms with E-state index in [2.05, 4.69) is 77.7 Å². The van der Waals surface area contributed by atoms with E-state index in [1.807, 2.05) is 0 Å². The van der Waals surface area contributed by atoms with Gasteiger partial charge < -0.3 is 0 Å². The maximum absolute atomic E-state index is 2.57. The average molecular weight is 414 g/mol. The minimum atomic E-state index is -1.38. The molecule has 0 spiro atoms. The van der Waals surface area contributed by atoms with Crippen molar-refractivity contribution >= 4 is 41.3 Å². The summed E-state index contributed by atoms with van der Waals surface area (Å²) in [6.45, 7) is 0. The predicted molar refractivity (Wildman–Crippen MR) is 106 cm³/mol. The zero-order chi connectivity index (χ0) is 16.1. The van der Waals surface area contributed by atoms with Crippen LogP contribution in [0.2, 0.25) is 4.94 Å². The Morgan fingerprint density at radius 1 is 0.583 bits per heavy atom. The first kappa shape index (κ1) is 14.5. The van der Waals surface area contributed by atoms with E-state index in [4.69, 9.17) is 0 Å². The van der Waals surface area contributed by atoms with Crippen LogP contribution in [0.25, 0.3) is 32.7 Å². The summed E-state index contributed by atoms with van der Waals surface area (Å²) in [6.07, 6.45) is 0. The molecule has 5 rings (SSSR count). The molecule has 0 aliphatic carbocycles. The van der Waals surface area contributed by atoms with E-state index in [-0.39, 0.29) is 0 Å². The molecule has 0 aromatic heterocycles. The van der Waals surface area contributed by atoms with Gasteiger partial charge in [-0.2, -0.15) is 0 Å². The molecule has 1 heteroatoms. The first-order valence-corrected chi connectivity index (χ1v) is 15.5. The summed E-state index contributed by atoms with van der Waals surface area (Å²) in [6, 6.07) is 27.2. The fraction of sp³-hybridized carbons (Fsp3) is 0.130. The van der Waals surface area contributed by atoms with Crippen LogP contribution in [0.15, 0.2) is 72.8 Å². The van der Waals surface area contributed by atoms with Gasteiger partial charge in [-0.15, -0.1) is 0 Å². The molecule has 24 heavy (non-hydrogen) atoms. The molecular weight excluding hydrogens is 395 g/mol. The average Bonchev–Trinajstić information content (AvgIpc) is 2.77. The molecule has 0 saturated heterocycles. The van der Waals surface area contributed by atoms with Gasteiger partial charge in [0, 0.05) is 0 Å². The van der Waals surface area contributed by atoms with Gasteiger partial charge in [-0.25, -0.2) is 0 Å². The zero-order valence-electron chi connectivity index (χ0n) is 13.8. The van der Waals surface area contributed by atoms with E-state index in [1.54, 1.807) is 11.1 Å². The molecule has 1 aliphatic heterocycles. The fourth-order valence-electron chi connectivity index (χ4n) is 4.23. The third kappa shape index (κ3) is 2.20. The third-order valence-electron chi connectivity index (χ3n) is 5.27. The van der Waals surface area contributed by atoms with Crippen molar-refractivity contribution in [3.05, 3.63) is 83.9 Å². The topological polar surface area (TPSA) is 0 Å². The Labute approximate surface area is 149 Å². The molecule has 4 aromatic carbocycles. The predicted octanol–water partition coefficient (Wildman–Crippen LogP) is 5.96. The SMILES string of the molecule is [CH3][Sn]1[CH2]c2ccc3ccccc3c2-c2c(ccc3ccccc23)[CH2]1. The van der Waals surface area contributed by atoms with Gasteiger partial charge >= 0.3 is 150 Å². The van der Waals surface area contributed by atoms with E-state index in [0.717, 1.165) is 0 Å². The molecule has 0 bridgehead atoms. The van der Waals surface area contributed by atoms with Crippen LogP contribution in [0, 0.1) is 0 Å². The third-order valence-corrected chi connectivity index (χ3v) is 10.9. The van der Waals surface area contributed by atoms with Crippen LogP contribution in [0.4, 0.5) is 0 Å². The van der Waals surface area contributed by atoms with Crippen molar-refractivity contribution in [1.82, 2.24) is 0 Å². The van der Waals surface area contributed by atoms with Crippen LogP contribution in [-0.2, 0) is 8.87 Å². The second kappa shape index (κ2) is 5.63. The van der Waals surface area contributed by atoms with Crippen LogP contribution >= 0.6 is 0 Å². The summed E-state index contributed by atoms with van der Waals surface area (Å²) in [5, 5.41) is 5.56. The summed E-state index contributed by atoms with van der Waals surface area (Å²) in [7, 11) is 0. The van der Waals surface area contributed by atoms with Gasteiger partial charge in [0.2, 0.25) is 0 Å². The molecular formula is C23H19Sn. The maximum atomic E-state index is 2.57. The van der Waals surface area contributed by atoms with Crippen molar-refractivity contribution in [3.8, 4) is 11.1 Å². The molecule has 0 N–H and O–H groups in total. The fourth-order valence-corrected chi connectivity index (χ4v) is 9.98. The van der Waals surface area contributed by atoms with Crippen LogP contribution < -0.4 is 0 Å². The number of hydrogen-bond acceptors (Lipinski definition) is 0. The number of benzene rings is 4. The van der Waals surface area contributed by atoms with Gasteiger partial charge in [0.25, 0.3) is 0 Å². The summed E-state index contributed by atoms with van der Waals surface area (Å²) < 4.78 is 2.71. The Bertz CT molecular complexity index is 991. The molecule has 0 atom stereocenters. The molecule has 4 aromatic rings. The van der Waals surface area contributed by atoms with Gasteiger partial charge in [0.1, 0.15) is 0 Å². The van der Waals surface area contributed by atoms with Crippen LogP contribution in [0.1, 0.15) is 11.1 Å². The Morgan fingerprint density at radius 2 is 1.04 bits per heavy atom. The Morgan fingerprint density at radius 3 is 1.54 bits per heavy atom. The zero-order valence-corrected chi connectivity index (χ0v) is 16.7. The summed E-state index contributed by atoms with van der Waals surface area (Å²) >= 11 is -1.38. The first-order chi connectivity index (χ1) is 11.8. The van der Waals surface area contributed by atoms with Crippen molar-refractivity contribution in [2.75, 3.05) is 0 Å². The monoisotopic (exact) mass is 415 g/mol. The van der Waals surface area contributed by atoms with Gasteiger partial charge in [-0.1, -0.05) is 0 Å². The summed E-state index contributed by atoms with van der Waals surface area (Å²) in [5.74, 6) is 0. The molecule has 0 fully saturated rings. The molecule has 1 heterocycles. The number of hydrogen-bond donors (Lipinski definition) is 0. The minimum absolute atomic E-state index is 1.35. The second-order valence-corrected chi connectivity index (χ2v) is 14.4. The van der Waals surface area contributed by atoms with Gasteiger partial charge in [-0.05, 0) is 0 Å². The molecule has 115 valence electrons. The van der Waals surface area contributed by atoms with Crippen molar-refractivity contribution in [3.63, 3.8) is 0 Å². The normalized spacial score (nSPS) is 14.4. The standard InChI is InChI=1S/C22H16.CH3.Sn/c1-15-11-13-17-7-3-5-9-19(17)21(15)22-16(2)12-14-18-8-4-6-10-20(18)22;;/h3-14H,1-2H2;1H3;. The van der Waals surface area contributed by atoms with E-state index in [0.29, 0.717) is 0 Å². The van der Waals surface area contributed by atoms with Crippen molar-refractivity contribution < 1.29 is 0 Å². The molecule has 1 radical (unpaired) electrons. The molecule has 0 amide bonds. The van der Waals surface area contributed by atoms with E-state index in [9.17, 15) is 0 Å². The van der Waals surface area contributed by atoms with Crippen molar-refractivity contribution in [2.24, 2.45) is 0 Å². The van der Waals surface area contributed by atoms with Crippen LogP contribution in [0.5, 0.6) is 0 Å². The molecule has 0 saturated carbocycles. The quantitative estimate of drug-likeness (QED) is 0.312. The van der Waals surface area contributed by atoms with Gasteiger partial charge in [0.15, 0.2) is 0 Å². The molecule has 0 nitrogen and oxygen atoms in total. The van der Waals surface area contributed by atoms with Crippen molar-refractivity contribution in [1.29, 1.82) is 0 Å². The Balaban J connectivity index is 2.00. The first-order valence-electron chi connectivity index (χ1n) is 8.64. The number of fused-ring (bicyclic) bond motifs is 7. The van der Waals surface area contributed by atoms with E-state index in [1.165, 1.54) is 41.5 Å². The molecule has 1 aliphatic rings. The Kier molecular flexibility index (Phi) is 3.41. The second-order valence-electron chi connectivity index (χ2n) is 6.95. The van der Waals surface area contributed by atoms with Crippen molar-refractivity contribution in [2.45, 2.75) is 13.8 Å². The molecule has 0 unspecified atom stereocenters. The van der Waals surface area contributed by atoms with Crippen LogP contribution in [0.3, 0.4) is 0 Å². The summed E-state index contributed by atoms with van der Waals surface area (Å²) in [4.78, 5) is 2.57. The van der Waals surface area contributed by atoms with E-state index >= 15 is 0 Å². The van der Waals surface area contributed by atoms with Gasteiger partial charge in [0.05, 0.1) is 0 Å². The van der Waals surface area contributed by atoms with Gasteiger partial charge in [-0.3, -0.25) is 0 Å². The Hall–Kier alpha value is -1.80.